The first-order valence-corrected chi connectivity index (χ1v) is 2.86. The fraction of sp³-hybridized carbons (Fsp3) is 0.250. The van der Waals surface area contributed by atoms with E-state index < -0.39 is 0 Å². The van der Waals surface area contributed by atoms with Gasteiger partial charge in [0.05, 0.1) is 0 Å². The maximum absolute atomic E-state index is 5.15. The Balaban J connectivity index is 0.000000810. The first-order valence-electron chi connectivity index (χ1n) is 2.86. The van der Waals surface area contributed by atoms with Gasteiger partial charge in [-0.05, 0) is 19.1 Å². The predicted molar refractivity (Wildman–Crippen MR) is 45.7 cm³/mol. The zero-order chi connectivity index (χ0) is 6.69. The highest BCUT2D eigenvalue weighted by atomic mass is 15.2. The van der Waals surface area contributed by atoms with E-state index in [-0.39, 0.29) is 7.43 Å². The summed E-state index contributed by atoms with van der Waals surface area (Å²) in [6.45, 7) is 2.04. The van der Waals surface area contributed by atoms with Crippen molar-refractivity contribution in [2.45, 2.75) is 14.4 Å². The number of aryl methyl sites for hydroxylation is 1. The van der Waals surface area contributed by atoms with Gasteiger partial charge in [0.2, 0.25) is 0 Å². The first kappa shape index (κ1) is 8.98. The summed E-state index contributed by atoms with van der Waals surface area (Å²) in [5, 5.41) is 0. The van der Waals surface area contributed by atoms with Gasteiger partial charge in [0.15, 0.2) is 0 Å². The van der Waals surface area contributed by atoms with Gasteiger partial charge in [-0.3, -0.25) is 5.84 Å². The number of rotatable bonds is 1. The van der Waals surface area contributed by atoms with E-state index in [2.05, 4.69) is 5.43 Å². The van der Waals surface area contributed by atoms with Gasteiger partial charge < -0.3 is 5.43 Å². The highest BCUT2D eigenvalue weighted by Gasteiger charge is 1.84. The molecule has 0 aromatic heterocycles. The molecule has 0 spiro atoms. The standard InChI is InChI=1S/C7H10N2.CH4/c1-6-2-4-7(9-8)5-3-6;/h2-5,9H,8H2,1H3;1H4. The lowest BCUT2D eigenvalue weighted by molar-refractivity contribution is 1.34. The zero-order valence-electron chi connectivity index (χ0n) is 5.39. The van der Waals surface area contributed by atoms with Crippen molar-refractivity contribution in [3.63, 3.8) is 0 Å². The average Bonchev–Trinajstić information content (AvgIpc) is 1.90. The van der Waals surface area contributed by atoms with E-state index in [0.717, 1.165) is 5.69 Å². The third-order valence-electron chi connectivity index (χ3n) is 1.22. The van der Waals surface area contributed by atoms with Crippen molar-refractivity contribution in [2.75, 3.05) is 5.43 Å². The number of anilines is 1. The molecule has 10 heavy (non-hydrogen) atoms. The van der Waals surface area contributed by atoms with Crippen LogP contribution in [0.2, 0.25) is 0 Å². The third-order valence-corrected chi connectivity index (χ3v) is 1.22. The van der Waals surface area contributed by atoms with Crippen molar-refractivity contribution in [3.05, 3.63) is 29.8 Å². The Morgan fingerprint density at radius 1 is 1.20 bits per heavy atom. The zero-order valence-corrected chi connectivity index (χ0v) is 5.39. The molecule has 0 heterocycles. The van der Waals surface area contributed by atoms with Crippen LogP contribution in [0.4, 0.5) is 5.69 Å². The van der Waals surface area contributed by atoms with Crippen LogP contribution in [0.15, 0.2) is 24.3 Å². The number of nitrogens with one attached hydrogen (secondary N) is 1. The molecule has 0 atom stereocenters. The third kappa shape index (κ3) is 2.07. The van der Waals surface area contributed by atoms with Gasteiger partial charge in [-0.1, -0.05) is 25.1 Å². The molecule has 2 heteroatoms. The summed E-state index contributed by atoms with van der Waals surface area (Å²) in [5.41, 5.74) is 4.74. The molecule has 1 aromatic rings. The van der Waals surface area contributed by atoms with E-state index in [1.807, 2.05) is 31.2 Å². The number of hydrazine groups is 1. The summed E-state index contributed by atoms with van der Waals surface area (Å²) in [7, 11) is 0. The van der Waals surface area contributed by atoms with Crippen molar-refractivity contribution < 1.29 is 0 Å². The van der Waals surface area contributed by atoms with Gasteiger partial charge in [0.25, 0.3) is 0 Å². The molecule has 56 valence electrons. The van der Waals surface area contributed by atoms with Crippen LogP contribution in [0.1, 0.15) is 13.0 Å². The van der Waals surface area contributed by atoms with Crippen LogP contribution in [0.5, 0.6) is 0 Å². The molecule has 0 amide bonds. The van der Waals surface area contributed by atoms with Crippen LogP contribution >= 0.6 is 0 Å². The monoisotopic (exact) mass is 138 g/mol. The second-order valence-corrected chi connectivity index (χ2v) is 2.01. The van der Waals surface area contributed by atoms with E-state index in [1.54, 1.807) is 0 Å². The van der Waals surface area contributed by atoms with E-state index in [4.69, 9.17) is 5.84 Å². The highest BCUT2D eigenvalue weighted by Crippen LogP contribution is 2.05. The second-order valence-electron chi connectivity index (χ2n) is 2.01. The van der Waals surface area contributed by atoms with E-state index >= 15 is 0 Å². The van der Waals surface area contributed by atoms with Gasteiger partial charge in [0, 0.05) is 5.69 Å². The lowest BCUT2D eigenvalue weighted by Gasteiger charge is -1.97. The van der Waals surface area contributed by atoms with Crippen molar-refractivity contribution in [1.82, 2.24) is 0 Å². The van der Waals surface area contributed by atoms with Crippen LogP contribution in [0.25, 0.3) is 0 Å². The normalized spacial score (nSPS) is 8.20. The topological polar surface area (TPSA) is 38.0 Å². The Hall–Kier alpha value is -1.02. The molecule has 0 bridgehead atoms. The molecule has 0 radical (unpaired) electrons. The largest absolute Gasteiger partial charge is 0.324 e. The lowest BCUT2D eigenvalue weighted by Crippen LogP contribution is -2.05. The molecule has 0 unspecified atom stereocenters. The summed E-state index contributed by atoms with van der Waals surface area (Å²) in [6.07, 6.45) is 0. The number of benzene rings is 1. The van der Waals surface area contributed by atoms with Crippen molar-refractivity contribution in [1.29, 1.82) is 0 Å². The number of hydrogen-bond donors (Lipinski definition) is 2. The Kier molecular flexibility index (Phi) is 3.51. The van der Waals surface area contributed by atoms with E-state index in [9.17, 15) is 0 Å². The maximum Gasteiger partial charge on any atom is 0.0485 e. The van der Waals surface area contributed by atoms with Crippen LogP contribution in [0, 0.1) is 6.92 Å². The Morgan fingerprint density at radius 2 is 1.70 bits per heavy atom. The minimum atomic E-state index is 0. The van der Waals surface area contributed by atoms with Gasteiger partial charge in [-0.2, -0.15) is 0 Å². The SMILES string of the molecule is C.Cc1ccc(NN)cc1. The highest BCUT2D eigenvalue weighted by molar-refractivity contribution is 5.42. The fourth-order valence-corrected chi connectivity index (χ4v) is 0.650. The van der Waals surface area contributed by atoms with Gasteiger partial charge in [-0.25, -0.2) is 0 Å². The van der Waals surface area contributed by atoms with Crippen LogP contribution in [0.3, 0.4) is 0 Å². The number of hydrogen-bond acceptors (Lipinski definition) is 2. The molecule has 0 fully saturated rings. The molecule has 0 aliphatic carbocycles. The molecule has 3 N–H and O–H groups in total. The molecule has 2 nitrogen and oxygen atoms in total. The van der Waals surface area contributed by atoms with Crippen molar-refractivity contribution in [2.24, 2.45) is 5.84 Å². The molecular weight excluding hydrogens is 124 g/mol. The molecule has 0 saturated carbocycles. The average molecular weight is 138 g/mol. The summed E-state index contributed by atoms with van der Waals surface area (Å²) < 4.78 is 0. The summed E-state index contributed by atoms with van der Waals surface area (Å²) in [6, 6.07) is 7.90. The quantitative estimate of drug-likeness (QED) is 0.459. The molecule has 1 aromatic carbocycles. The molecule has 0 aliphatic heterocycles. The summed E-state index contributed by atoms with van der Waals surface area (Å²) >= 11 is 0. The summed E-state index contributed by atoms with van der Waals surface area (Å²) in [4.78, 5) is 0. The van der Waals surface area contributed by atoms with Gasteiger partial charge in [-0.15, -0.1) is 0 Å². The molecule has 0 aliphatic rings. The Morgan fingerprint density at radius 3 is 2.10 bits per heavy atom. The van der Waals surface area contributed by atoms with Crippen molar-refractivity contribution in [3.8, 4) is 0 Å². The van der Waals surface area contributed by atoms with Crippen LogP contribution in [-0.4, -0.2) is 0 Å². The minimum absolute atomic E-state index is 0. The minimum Gasteiger partial charge on any atom is -0.324 e. The van der Waals surface area contributed by atoms with Crippen molar-refractivity contribution >= 4 is 5.69 Å². The Bertz CT molecular complexity index is 179. The van der Waals surface area contributed by atoms with E-state index in [1.165, 1.54) is 5.56 Å². The number of nitrogen functional groups attached to an aromatic ring is 1. The second kappa shape index (κ2) is 3.90. The smallest absolute Gasteiger partial charge is 0.0485 e. The summed E-state index contributed by atoms with van der Waals surface area (Å²) in [5.74, 6) is 5.15. The van der Waals surface area contributed by atoms with Gasteiger partial charge in [0.1, 0.15) is 0 Å². The fourth-order valence-electron chi connectivity index (χ4n) is 0.650. The maximum atomic E-state index is 5.15. The van der Waals surface area contributed by atoms with Gasteiger partial charge >= 0.3 is 0 Å². The number of nitrogens with two attached hydrogens (primary N) is 1. The first-order chi connectivity index (χ1) is 4.33. The molecule has 0 saturated heterocycles. The van der Waals surface area contributed by atoms with Crippen LogP contribution in [-0.2, 0) is 0 Å². The van der Waals surface area contributed by atoms with E-state index in [0.29, 0.717) is 0 Å². The van der Waals surface area contributed by atoms with Crippen LogP contribution < -0.4 is 11.3 Å². The molecule has 1 rings (SSSR count). The predicted octanol–water partition coefficient (Wildman–Crippen LogP) is 1.92. The molecular formula is C8H14N2. The lowest BCUT2D eigenvalue weighted by atomic mass is 10.2. The Labute approximate surface area is 62.0 Å².